The van der Waals surface area contributed by atoms with Crippen LogP contribution in [-0.2, 0) is 6.54 Å². The molecule has 116 valence electrons. The van der Waals surface area contributed by atoms with E-state index in [-0.39, 0.29) is 11.5 Å². The van der Waals surface area contributed by atoms with Crippen molar-refractivity contribution in [2.45, 2.75) is 64.5 Å². The average molecular weight is 287 g/mol. The highest BCUT2D eigenvalue weighted by Gasteiger charge is 2.44. The van der Waals surface area contributed by atoms with Gasteiger partial charge in [0.2, 0.25) is 0 Å². The van der Waals surface area contributed by atoms with Crippen molar-refractivity contribution in [3.8, 4) is 0 Å². The quantitative estimate of drug-likeness (QED) is 0.910. The van der Waals surface area contributed by atoms with E-state index in [2.05, 4.69) is 43.0 Å². The summed E-state index contributed by atoms with van der Waals surface area (Å²) >= 11 is 0. The van der Waals surface area contributed by atoms with Crippen LogP contribution < -0.4 is 0 Å². The Morgan fingerprint density at radius 2 is 1.90 bits per heavy atom. The number of benzene rings is 1. The first-order valence-corrected chi connectivity index (χ1v) is 8.58. The van der Waals surface area contributed by atoms with Crippen LogP contribution in [0.4, 0.5) is 0 Å². The molecule has 1 aromatic rings. The summed E-state index contributed by atoms with van der Waals surface area (Å²) in [5.74, 6) is 0.603. The van der Waals surface area contributed by atoms with Crippen molar-refractivity contribution in [2.75, 3.05) is 13.1 Å². The van der Waals surface area contributed by atoms with E-state index < -0.39 is 0 Å². The van der Waals surface area contributed by atoms with Crippen molar-refractivity contribution < 1.29 is 5.11 Å². The molecule has 1 aromatic carbocycles. The third kappa shape index (κ3) is 3.17. The van der Waals surface area contributed by atoms with Crippen molar-refractivity contribution in [3.63, 3.8) is 0 Å². The van der Waals surface area contributed by atoms with E-state index >= 15 is 0 Å². The monoisotopic (exact) mass is 287 g/mol. The van der Waals surface area contributed by atoms with Gasteiger partial charge in [0, 0.05) is 18.5 Å². The summed E-state index contributed by atoms with van der Waals surface area (Å²) in [5, 5.41) is 10.4. The summed E-state index contributed by atoms with van der Waals surface area (Å²) in [7, 11) is 0. The fourth-order valence-electron chi connectivity index (χ4n) is 4.26. The van der Waals surface area contributed by atoms with Gasteiger partial charge < -0.3 is 5.11 Å². The molecule has 1 heterocycles. The van der Waals surface area contributed by atoms with Gasteiger partial charge >= 0.3 is 0 Å². The highest BCUT2D eigenvalue weighted by atomic mass is 16.3. The number of nitrogens with zero attached hydrogens (tertiary/aromatic N) is 1. The lowest BCUT2D eigenvalue weighted by Crippen LogP contribution is -2.46. The first-order valence-electron chi connectivity index (χ1n) is 8.58. The molecule has 2 atom stereocenters. The Labute approximate surface area is 129 Å². The first kappa shape index (κ1) is 15.1. The fraction of sp³-hybridized carbons (Fsp3) is 0.684. The Kier molecular flexibility index (Phi) is 4.37. The minimum absolute atomic E-state index is 0.0661. The normalized spacial score (nSPS) is 30.4. The summed E-state index contributed by atoms with van der Waals surface area (Å²) in [4.78, 5) is 2.56. The lowest BCUT2D eigenvalue weighted by molar-refractivity contribution is -0.0120. The van der Waals surface area contributed by atoms with Gasteiger partial charge in [0.05, 0.1) is 6.10 Å². The molecule has 2 heteroatoms. The predicted molar refractivity (Wildman–Crippen MR) is 87.3 cm³/mol. The van der Waals surface area contributed by atoms with Crippen LogP contribution in [0.25, 0.3) is 0 Å². The lowest BCUT2D eigenvalue weighted by Gasteiger charge is -2.42. The van der Waals surface area contributed by atoms with Gasteiger partial charge in [-0.15, -0.1) is 0 Å². The van der Waals surface area contributed by atoms with Crippen LogP contribution in [-0.4, -0.2) is 29.2 Å². The van der Waals surface area contributed by atoms with Crippen molar-refractivity contribution in [1.82, 2.24) is 4.90 Å². The van der Waals surface area contributed by atoms with Crippen LogP contribution in [0.3, 0.4) is 0 Å². The third-order valence-electron chi connectivity index (χ3n) is 5.60. The van der Waals surface area contributed by atoms with Gasteiger partial charge in [-0.3, -0.25) is 4.90 Å². The SMILES string of the molecule is CC(C)c1ccc(CN2CCC[C@@]3(CCC[C@H]3O)C2)cc1. The number of likely N-dealkylation sites (tertiary alicyclic amines) is 1. The fourth-order valence-corrected chi connectivity index (χ4v) is 4.26. The van der Waals surface area contributed by atoms with Gasteiger partial charge in [-0.1, -0.05) is 44.5 Å². The van der Waals surface area contributed by atoms with Gasteiger partial charge in [0.25, 0.3) is 0 Å². The first-order chi connectivity index (χ1) is 10.1. The van der Waals surface area contributed by atoms with Gasteiger partial charge in [-0.2, -0.15) is 0 Å². The van der Waals surface area contributed by atoms with Crippen LogP contribution in [0.1, 0.15) is 63.0 Å². The molecule has 0 aromatic heterocycles. The summed E-state index contributed by atoms with van der Waals surface area (Å²) in [6, 6.07) is 9.09. The van der Waals surface area contributed by atoms with Crippen LogP contribution in [0, 0.1) is 5.41 Å². The number of hydrogen-bond donors (Lipinski definition) is 1. The summed E-state index contributed by atoms with van der Waals surface area (Å²) in [5.41, 5.74) is 3.03. The van der Waals surface area contributed by atoms with Crippen LogP contribution in [0.5, 0.6) is 0 Å². The molecule has 0 amide bonds. The Hall–Kier alpha value is -0.860. The molecular formula is C19H29NO. The summed E-state index contributed by atoms with van der Waals surface area (Å²) in [6.07, 6.45) is 5.83. The number of piperidine rings is 1. The number of aliphatic hydroxyl groups is 1. The largest absolute Gasteiger partial charge is 0.393 e. The molecule has 2 aliphatic rings. The smallest absolute Gasteiger partial charge is 0.0608 e. The van der Waals surface area contributed by atoms with Crippen molar-refractivity contribution in [3.05, 3.63) is 35.4 Å². The highest BCUT2D eigenvalue weighted by molar-refractivity contribution is 5.24. The molecule has 21 heavy (non-hydrogen) atoms. The molecule has 1 spiro atoms. The molecule has 1 aliphatic heterocycles. The maximum atomic E-state index is 10.4. The van der Waals surface area contributed by atoms with Gasteiger partial charge in [0.1, 0.15) is 0 Å². The molecule has 1 N–H and O–H groups in total. The second-order valence-electron chi connectivity index (χ2n) is 7.48. The Balaban J connectivity index is 1.64. The molecular weight excluding hydrogens is 258 g/mol. The molecule has 1 aliphatic carbocycles. The number of aliphatic hydroxyl groups excluding tert-OH is 1. The highest BCUT2D eigenvalue weighted by Crippen LogP contribution is 2.45. The third-order valence-corrected chi connectivity index (χ3v) is 5.60. The standard InChI is InChI=1S/C19H29NO/c1-15(2)17-8-6-16(7-9-17)13-20-12-4-11-19(14-20)10-3-5-18(19)21/h6-9,15,18,21H,3-5,10-14H2,1-2H3/t18-,19+/m1/s1. The van der Waals surface area contributed by atoms with Crippen molar-refractivity contribution in [2.24, 2.45) is 5.41 Å². The van der Waals surface area contributed by atoms with Crippen LogP contribution in [0.2, 0.25) is 0 Å². The van der Waals surface area contributed by atoms with Crippen molar-refractivity contribution in [1.29, 1.82) is 0 Å². The second-order valence-corrected chi connectivity index (χ2v) is 7.48. The molecule has 2 nitrogen and oxygen atoms in total. The predicted octanol–water partition coefficient (Wildman–Crippen LogP) is 3.94. The number of rotatable bonds is 3. The Morgan fingerprint density at radius 1 is 1.19 bits per heavy atom. The molecule has 2 fully saturated rings. The number of hydrogen-bond acceptors (Lipinski definition) is 2. The van der Waals surface area contributed by atoms with E-state index in [1.165, 1.54) is 43.4 Å². The maximum Gasteiger partial charge on any atom is 0.0608 e. The van der Waals surface area contributed by atoms with Gasteiger partial charge in [-0.05, 0) is 49.3 Å². The van der Waals surface area contributed by atoms with E-state index in [1.807, 2.05) is 0 Å². The van der Waals surface area contributed by atoms with E-state index in [9.17, 15) is 5.11 Å². The van der Waals surface area contributed by atoms with Gasteiger partial charge in [0.15, 0.2) is 0 Å². The van der Waals surface area contributed by atoms with E-state index in [4.69, 9.17) is 0 Å². The lowest BCUT2D eigenvalue weighted by atomic mass is 9.76. The van der Waals surface area contributed by atoms with Crippen molar-refractivity contribution >= 4 is 0 Å². The Morgan fingerprint density at radius 3 is 2.52 bits per heavy atom. The van der Waals surface area contributed by atoms with E-state index in [0.29, 0.717) is 5.92 Å². The van der Waals surface area contributed by atoms with Gasteiger partial charge in [-0.25, -0.2) is 0 Å². The maximum absolute atomic E-state index is 10.4. The topological polar surface area (TPSA) is 23.5 Å². The summed E-state index contributed by atoms with van der Waals surface area (Å²) < 4.78 is 0. The molecule has 0 radical (unpaired) electrons. The molecule has 1 saturated carbocycles. The molecule has 1 saturated heterocycles. The van der Waals surface area contributed by atoms with Crippen LogP contribution >= 0.6 is 0 Å². The Bertz CT molecular complexity index is 467. The minimum atomic E-state index is -0.0661. The zero-order valence-electron chi connectivity index (χ0n) is 13.5. The van der Waals surface area contributed by atoms with E-state index in [0.717, 1.165) is 19.5 Å². The minimum Gasteiger partial charge on any atom is -0.393 e. The second kappa shape index (κ2) is 6.10. The molecule has 3 rings (SSSR count). The molecule has 0 bridgehead atoms. The zero-order chi connectivity index (χ0) is 14.9. The molecule has 0 unspecified atom stereocenters. The van der Waals surface area contributed by atoms with E-state index in [1.54, 1.807) is 0 Å². The zero-order valence-corrected chi connectivity index (χ0v) is 13.5. The average Bonchev–Trinajstić information content (AvgIpc) is 2.80. The summed E-state index contributed by atoms with van der Waals surface area (Å²) in [6.45, 7) is 7.78. The van der Waals surface area contributed by atoms with Crippen LogP contribution in [0.15, 0.2) is 24.3 Å².